The van der Waals surface area contributed by atoms with Crippen LogP contribution in [0.3, 0.4) is 0 Å². The second-order valence-electron chi connectivity index (χ2n) is 8.08. The van der Waals surface area contributed by atoms with E-state index in [4.69, 9.17) is 4.74 Å². The number of hydrogen-bond donors (Lipinski definition) is 1. The minimum atomic E-state index is -4.17. The fourth-order valence-corrected chi connectivity index (χ4v) is 6.92. The molecule has 1 fully saturated rings. The zero-order valence-corrected chi connectivity index (χ0v) is 21.4. The van der Waals surface area contributed by atoms with Crippen molar-refractivity contribution >= 4 is 26.0 Å². The van der Waals surface area contributed by atoms with Crippen molar-refractivity contribution in [3.05, 3.63) is 53.8 Å². The van der Waals surface area contributed by atoms with E-state index in [1.54, 1.807) is 31.2 Å². The lowest BCUT2D eigenvalue weighted by Gasteiger charge is -2.21. The molecule has 1 N–H and O–H groups in total. The van der Waals surface area contributed by atoms with E-state index < -0.39 is 38.3 Å². The number of nitrogens with zero attached hydrogens (tertiary/aromatic N) is 2. The largest absolute Gasteiger partial charge is 0.495 e. The Morgan fingerprint density at radius 3 is 2.34 bits per heavy atom. The van der Waals surface area contributed by atoms with Crippen molar-refractivity contribution in [3.63, 3.8) is 0 Å². The summed E-state index contributed by atoms with van der Waals surface area (Å²) in [7, 11) is -6.37. The minimum absolute atomic E-state index is 0.00236. The predicted molar refractivity (Wildman–Crippen MR) is 129 cm³/mol. The van der Waals surface area contributed by atoms with Crippen molar-refractivity contribution in [2.45, 2.75) is 36.0 Å². The van der Waals surface area contributed by atoms with Crippen LogP contribution in [0.25, 0.3) is 0 Å². The van der Waals surface area contributed by atoms with Gasteiger partial charge in [-0.25, -0.2) is 21.2 Å². The van der Waals surface area contributed by atoms with Crippen LogP contribution in [0.5, 0.6) is 5.75 Å². The van der Waals surface area contributed by atoms with Crippen LogP contribution in [0.2, 0.25) is 0 Å². The molecular formula is C23H30FN3O6S2. The molecule has 1 amide bonds. The molecule has 0 atom stereocenters. The zero-order valence-electron chi connectivity index (χ0n) is 19.7. The number of likely N-dealkylation sites (N-methyl/N-ethyl adjacent to an activating group) is 1. The number of rotatable bonds is 11. The maximum Gasteiger partial charge on any atom is 0.247 e. The van der Waals surface area contributed by atoms with Gasteiger partial charge in [-0.3, -0.25) is 4.79 Å². The molecule has 2 aromatic carbocycles. The van der Waals surface area contributed by atoms with Crippen LogP contribution in [-0.2, 0) is 31.3 Å². The number of methoxy groups -OCH3 is 1. The summed E-state index contributed by atoms with van der Waals surface area (Å²) >= 11 is 0. The van der Waals surface area contributed by atoms with Crippen LogP contribution in [0, 0.1) is 5.82 Å². The highest BCUT2D eigenvalue weighted by molar-refractivity contribution is 7.89. The van der Waals surface area contributed by atoms with Gasteiger partial charge in [-0.1, -0.05) is 19.1 Å². The van der Waals surface area contributed by atoms with E-state index in [-0.39, 0.29) is 28.6 Å². The molecule has 2 aromatic rings. The fraction of sp³-hybridized carbons (Fsp3) is 0.435. The highest BCUT2D eigenvalue weighted by atomic mass is 32.2. The van der Waals surface area contributed by atoms with Gasteiger partial charge in [0, 0.05) is 26.2 Å². The highest BCUT2D eigenvalue weighted by Gasteiger charge is 2.29. The first-order valence-corrected chi connectivity index (χ1v) is 14.2. The molecule has 0 aliphatic carbocycles. The minimum Gasteiger partial charge on any atom is -0.495 e. The lowest BCUT2D eigenvalue weighted by Crippen LogP contribution is -2.41. The van der Waals surface area contributed by atoms with Crippen LogP contribution in [-0.4, -0.2) is 71.2 Å². The van der Waals surface area contributed by atoms with Crippen LogP contribution >= 0.6 is 0 Å². The van der Waals surface area contributed by atoms with Gasteiger partial charge in [-0.15, -0.1) is 0 Å². The molecule has 35 heavy (non-hydrogen) atoms. The average Bonchev–Trinajstić information content (AvgIpc) is 3.39. The standard InChI is InChI=1S/C23H30FN3O6S2/c1-3-26(35(31,32)22-16-19(24)8-11-21(22)33-2)17-23(28)25-13-12-18-6-9-20(10-7-18)34(29,30)27-14-4-5-15-27/h6-11,16H,3-5,12-15,17H2,1-2H3,(H,25,28). The summed E-state index contributed by atoms with van der Waals surface area (Å²) < 4.78 is 72.3. The molecule has 1 aliphatic heterocycles. The Bertz CT molecular complexity index is 1240. The van der Waals surface area contributed by atoms with Crippen molar-refractivity contribution in [1.82, 2.24) is 13.9 Å². The van der Waals surface area contributed by atoms with Gasteiger partial charge in [0.05, 0.1) is 18.6 Å². The van der Waals surface area contributed by atoms with E-state index in [2.05, 4.69) is 5.32 Å². The van der Waals surface area contributed by atoms with E-state index in [9.17, 15) is 26.0 Å². The third kappa shape index (κ3) is 6.37. The van der Waals surface area contributed by atoms with Crippen molar-refractivity contribution in [1.29, 1.82) is 0 Å². The Balaban J connectivity index is 1.57. The Hall–Kier alpha value is -2.54. The number of amides is 1. The Kier molecular flexibility index (Phi) is 8.86. The molecule has 0 aromatic heterocycles. The second-order valence-corrected chi connectivity index (χ2v) is 11.9. The summed E-state index contributed by atoms with van der Waals surface area (Å²) in [6.45, 7) is 2.44. The normalized spacial score (nSPS) is 14.9. The summed E-state index contributed by atoms with van der Waals surface area (Å²) in [6.07, 6.45) is 2.17. The Labute approximate surface area is 206 Å². The maximum absolute atomic E-state index is 13.7. The monoisotopic (exact) mass is 527 g/mol. The van der Waals surface area contributed by atoms with Gasteiger partial charge in [0.2, 0.25) is 26.0 Å². The predicted octanol–water partition coefficient (Wildman–Crippen LogP) is 1.99. The van der Waals surface area contributed by atoms with E-state index in [0.29, 0.717) is 19.5 Å². The molecule has 0 saturated carbocycles. The molecule has 12 heteroatoms. The first-order chi connectivity index (χ1) is 16.6. The van der Waals surface area contributed by atoms with Crippen molar-refractivity contribution in [3.8, 4) is 5.75 Å². The zero-order chi connectivity index (χ0) is 25.6. The smallest absolute Gasteiger partial charge is 0.247 e. The van der Waals surface area contributed by atoms with E-state index in [1.165, 1.54) is 17.5 Å². The van der Waals surface area contributed by atoms with E-state index in [0.717, 1.165) is 34.8 Å². The van der Waals surface area contributed by atoms with E-state index in [1.807, 2.05) is 0 Å². The highest BCUT2D eigenvalue weighted by Crippen LogP contribution is 2.27. The number of nitrogens with one attached hydrogen (secondary N) is 1. The molecule has 1 aliphatic rings. The van der Waals surface area contributed by atoms with Crippen LogP contribution in [0.1, 0.15) is 25.3 Å². The number of halogens is 1. The molecule has 0 bridgehead atoms. The molecule has 0 radical (unpaired) electrons. The van der Waals surface area contributed by atoms with Gasteiger partial charge < -0.3 is 10.1 Å². The molecule has 1 saturated heterocycles. The molecule has 0 unspecified atom stereocenters. The van der Waals surface area contributed by atoms with Crippen LogP contribution in [0.4, 0.5) is 4.39 Å². The molecule has 0 spiro atoms. The number of ether oxygens (including phenoxy) is 1. The quantitative estimate of drug-likeness (QED) is 0.478. The van der Waals surface area contributed by atoms with Gasteiger partial charge in [0.1, 0.15) is 16.5 Å². The van der Waals surface area contributed by atoms with Crippen molar-refractivity contribution in [2.75, 3.05) is 39.8 Å². The number of carbonyl (C=O) groups excluding carboxylic acids is 1. The lowest BCUT2D eigenvalue weighted by atomic mass is 10.1. The summed E-state index contributed by atoms with van der Waals surface area (Å²) in [5, 5.41) is 2.67. The Morgan fingerprint density at radius 2 is 1.74 bits per heavy atom. The van der Waals surface area contributed by atoms with Gasteiger partial charge in [-0.05, 0) is 55.2 Å². The number of hydrogen-bond acceptors (Lipinski definition) is 6. The number of carbonyl (C=O) groups is 1. The van der Waals surface area contributed by atoms with Gasteiger partial charge in [0.15, 0.2) is 0 Å². The summed E-state index contributed by atoms with van der Waals surface area (Å²) in [6, 6.07) is 9.70. The molecule has 9 nitrogen and oxygen atoms in total. The average molecular weight is 528 g/mol. The van der Waals surface area contributed by atoms with E-state index >= 15 is 0 Å². The lowest BCUT2D eigenvalue weighted by molar-refractivity contribution is -0.121. The van der Waals surface area contributed by atoms with Gasteiger partial charge >= 0.3 is 0 Å². The van der Waals surface area contributed by atoms with Gasteiger partial charge in [-0.2, -0.15) is 8.61 Å². The number of benzene rings is 2. The number of sulfonamides is 2. The van der Waals surface area contributed by atoms with Gasteiger partial charge in [0.25, 0.3) is 0 Å². The maximum atomic E-state index is 13.7. The summed E-state index contributed by atoms with van der Waals surface area (Å²) in [5.74, 6) is -1.26. The third-order valence-corrected chi connectivity index (χ3v) is 9.63. The summed E-state index contributed by atoms with van der Waals surface area (Å²) in [4.78, 5) is 12.3. The fourth-order valence-electron chi connectivity index (χ4n) is 3.83. The van der Waals surface area contributed by atoms with Crippen molar-refractivity contribution < 1.29 is 30.8 Å². The first kappa shape index (κ1) is 27.1. The molecular weight excluding hydrogens is 497 g/mol. The molecule has 3 rings (SSSR count). The third-order valence-electron chi connectivity index (χ3n) is 5.78. The second kappa shape index (κ2) is 11.5. The topological polar surface area (TPSA) is 113 Å². The molecule has 1 heterocycles. The van der Waals surface area contributed by atoms with Crippen LogP contribution < -0.4 is 10.1 Å². The van der Waals surface area contributed by atoms with Crippen molar-refractivity contribution in [2.24, 2.45) is 0 Å². The SMILES string of the molecule is CCN(CC(=O)NCCc1ccc(S(=O)(=O)N2CCCC2)cc1)S(=O)(=O)c1cc(F)ccc1OC. The van der Waals surface area contributed by atoms with Crippen LogP contribution in [0.15, 0.2) is 52.3 Å². The Morgan fingerprint density at radius 1 is 1.09 bits per heavy atom. The molecule has 192 valence electrons. The summed E-state index contributed by atoms with van der Waals surface area (Å²) in [5.41, 5.74) is 0.829. The first-order valence-electron chi connectivity index (χ1n) is 11.3.